The van der Waals surface area contributed by atoms with Crippen LogP contribution < -0.4 is 0 Å². The zero-order valence-corrected chi connectivity index (χ0v) is 11.4. The van der Waals surface area contributed by atoms with Crippen molar-refractivity contribution in [3.63, 3.8) is 0 Å². The average Bonchev–Trinajstić information content (AvgIpc) is 2.54. The van der Waals surface area contributed by atoms with Crippen LogP contribution in [-0.2, 0) is 6.54 Å². The summed E-state index contributed by atoms with van der Waals surface area (Å²) in [6.45, 7) is 11.5. The minimum atomic E-state index is 0.104. The Hall–Kier alpha value is -1.35. The molecule has 0 radical (unpaired) electrons. The first kappa shape index (κ1) is 12.1. The van der Waals surface area contributed by atoms with Crippen LogP contribution in [0.5, 0.6) is 0 Å². The first-order valence-corrected chi connectivity index (χ1v) is 6.16. The van der Waals surface area contributed by atoms with Crippen LogP contribution >= 0.6 is 12.2 Å². The summed E-state index contributed by atoms with van der Waals surface area (Å²) in [6, 6.07) is 8.16. The van der Waals surface area contributed by atoms with Crippen molar-refractivity contribution < 1.29 is 0 Å². The zero-order chi connectivity index (χ0) is 12.6. The molecule has 90 valence electrons. The van der Waals surface area contributed by atoms with Crippen LogP contribution in [0.1, 0.15) is 20.8 Å². The molecular formula is C14H18N2S. The lowest BCUT2D eigenvalue weighted by atomic mass is 9.87. The molecule has 0 fully saturated rings. The van der Waals surface area contributed by atoms with E-state index in [-0.39, 0.29) is 5.41 Å². The second kappa shape index (κ2) is 4.15. The average molecular weight is 246 g/mol. The topological polar surface area (TPSA) is 20.7 Å². The Bertz CT molecular complexity index is 611. The van der Waals surface area contributed by atoms with Crippen molar-refractivity contribution in [2.45, 2.75) is 27.3 Å². The van der Waals surface area contributed by atoms with Gasteiger partial charge in [0.2, 0.25) is 0 Å². The van der Waals surface area contributed by atoms with E-state index < -0.39 is 0 Å². The molecule has 0 aliphatic carbocycles. The van der Waals surface area contributed by atoms with Gasteiger partial charge in [-0.15, -0.1) is 0 Å². The van der Waals surface area contributed by atoms with E-state index in [4.69, 9.17) is 12.2 Å². The molecule has 0 aliphatic rings. The normalized spacial score (nSPS) is 11.9. The standard InChI is InChI=1S/C14H18N2S/c1-10(14(2,3)4)9-16-12-8-6-5-7-11(12)15-13(16)17/h5-8H,1,9H2,2-4H3,(H,15,17). The van der Waals surface area contributed by atoms with Crippen molar-refractivity contribution in [3.8, 4) is 0 Å². The van der Waals surface area contributed by atoms with Crippen LogP contribution in [0, 0.1) is 10.2 Å². The SMILES string of the molecule is C=C(Cn1c(=S)[nH]c2ccccc21)C(C)(C)C. The number of nitrogens with zero attached hydrogens (tertiary/aromatic N) is 1. The van der Waals surface area contributed by atoms with E-state index >= 15 is 0 Å². The fourth-order valence-corrected chi connectivity index (χ4v) is 1.96. The minimum absolute atomic E-state index is 0.104. The van der Waals surface area contributed by atoms with Gasteiger partial charge in [-0.1, -0.05) is 45.1 Å². The number of benzene rings is 1. The molecule has 0 atom stereocenters. The summed E-state index contributed by atoms with van der Waals surface area (Å²) in [5.74, 6) is 0. The van der Waals surface area contributed by atoms with Gasteiger partial charge in [0.1, 0.15) is 0 Å². The molecule has 0 bridgehead atoms. The number of allylic oxidation sites excluding steroid dienone is 1. The van der Waals surface area contributed by atoms with Crippen molar-refractivity contribution in [3.05, 3.63) is 41.2 Å². The van der Waals surface area contributed by atoms with Crippen LogP contribution in [0.15, 0.2) is 36.4 Å². The van der Waals surface area contributed by atoms with Gasteiger partial charge in [-0.2, -0.15) is 0 Å². The second-order valence-corrected chi connectivity index (χ2v) is 5.77. The highest BCUT2D eigenvalue weighted by Crippen LogP contribution is 2.26. The Morgan fingerprint density at radius 1 is 1.35 bits per heavy atom. The molecule has 0 unspecified atom stereocenters. The largest absolute Gasteiger partial charge is 0.331 e. The number of hydrogen-bond donors (Lipinski definition) is 1. The monoisotopic (exact) mass is 246 g/mol. The Morgan fingerprint density at radius 2 is 2.00 bits per heavy atom. The van der Waals surface area contributed by atoms with Crippen LogP contribution in [-0.4, -0.2) is 9.55 Å². The number of para-hydroxylation sites is 2. The van der Waals surface area contributed by atoms with Crippen LogP contribution in [0.3, 0.4) is 0 Å². The van der Waals surface area contributed by atoms with Crippen molar-refractivity contribution >= 4 is 23.3 Å². The Labute approximate surface area is 107 Å². The van der Waals surface area contributed by atoms with Crippen LogP contribution in [0.25, 0.3) is 11.0 Å². The summed E-state index contributed by atoms with van der Waals surface area (Å²) in [4.78, 5) is 3.22. The maximum Gasteiger partial charge on any atom is 0.178 e. The summed E-state index contributed by atoms with van der Waals surface area (Å²) in [5.41, 5.74) is 3.51. The summed E-state index contributed by atoms with van der Waals surface area (Å²) in [7, 11) is 0. The highest BCUT2D eigenvalue weighted by atomic mass is 32.1. The highest BCUT2D eigenvalue weighted by molar-refractivity contribution is 7.71. The van der Waals surface area contributed by atoms with Crippen molar-refractivity contribution in [1.82, 2.24) is 9.55 Å². The van der Waals surface area contributed by atoms with Crippen molar-refractivity contribution in [2.75, 3.05) is 0 Å². The predicted octanol–water partition coefficient (Wildman–Crippen LogP) is 4.30. The number of aromatic nitrogens is 2. The van der Waals surface area contributed by atoms with E-state index in [1.54, 1.807) is 0 Å². The van der Waals surface area contributed by atoms with Crippen LogP contribution in [0.4, 0.5) is 0 Å². The Balaban J connectivity index is 2.46. The molecule has 2 aromatic rings. The number of fused-ring (bicyclic) bond motifs is 1. The highest BCUT2D eigenvalue weighted by Gasteiger charge is 2.16. The third-order valence-corrected chi connectivity index (χ3v) is 3.41. The first-order valence-electron chi connectivity index (χ1n) is 5.75. The molecule has 1 aromatic heterocycles. The van der Waals surface area contributed by atoms with Gasteiger partial charge in [0.05, 0.1) is 11.0 Å². The molecule has 0 saturated carbocycles. The fraction of sp³-hybridized carbons (Fsp3) is 0.357. The minimum Gasteiger partial charge on any atom is -0.331 e. The lowest BCUT2D eigenvalue weighted by Crippen LogP contribution is -2.14. The second-order valence-electron chi connectivity index (χ2n) is 5.39. The van der Waals surface area contributed by atoms with Gasteiger partial charge in [-0.25, -0.2) is 0 Å². The van der Waals surface area contributed by atoms with Gasteiger partial charge >= 0.3 is 0 Å². The molecule has 2 nitrogen and oxygen atoms in total. The summed E-state index contributed by atoms with van der Waals surface area (Å²) < 4.78 is 2.87. The number of H-pyrrole nitrogens is 1. The molecule has 1 aromatic carbocycles. The van der Waals surface area contributed by atoms with E-state index in [0.29, 0.717) is 0 Å². The lowest BCUT2D eigenvalue weighted by Gasteiger charge is -2.22. The first-order chi connectivity index (χ1) is 7.89. The van der Waals surface area contributed by atoms with E-state index in [1.807, 2.05) is 18.2 Å². The Kier molecular flexibility index (Phi) is 2.96. The zero-order valence-electron chi connectivity index (χ0n) is 10.6. The molecule has 0 aliphatic heterocycles. The summed E-state index contributed by atoms with van der Waals surface area (Å²) >= 11 is 5.36. The lowest BCUT2D eigenvalue weighted by molar-refractivity contribution is 0.472. The van der Waals surface area contributed by atoms with Gasteiger partial charge in [0.25, 0.3) is 0 Å². The maximum absolute atomic E-state index is 5.36. The molecule has 0 spiro atoms. The number of nitrogens with one attached hydrogen (secondary N) is 1. The summed E-state index contributed by atoms with van der Waals surface area (Å²) in [6.07, 6.45) is 0. The predicted molar refractivity (Wildman–Crippen MR) is 75.7 cm³/mol. The van der Waals surface area contributed by atoms with E-state index in [2.05, 4.69) is 43.0 Å². The smallest absolute Gasteiger partial charge is 0.178 e. The van der Waals surface area contributed by atoms with E-state index in [9.17, 15) is 0 Å². The Morgan fingerprint density at radius 3 is 2.65 bits per heavy atom. The van der Waals surface area contributed by atoms with E-state index in [1.165, 1.54) is 5.57 Å². The van der Waals surface area contributed by atoms with Crippen LogP contribution in [0.2, 0.25) is 0 Å². The van der Waals surface area contributed by atoms with Gasteiger partial charge in [-0.05, 0) is 29.8 Å². The third kappa shape index (κ3) is 2.34. The van der Waals surface area contributed by atoms with E-state index in [0.717, 1.165) is 22.3 Å². The molecule has 0 amide bonds. The molecule has 1 N–H and O–H groups in total. The molecule has 3 heteroatoms. The van der Waals surface area contributed by atoms with Gasteiger partial charge in [0, 0.05) is 6.54 Å². The van der Waals surface area contributed by atoms with Crippen molar-refractivity contribution in [1.29, 1.82) is 0 Å². The van der Waals surface area contributed by atoms with Gasteiger partial charge in [-0.3, -0.25) is 0 Å². The molecule has 2 rings (SSSR count). The van der Waals surface area contributed by atoms with Gasteiger partial charge < -0.3 is 9.55 Å². The quantitative estimate of drug-likeness (QED) is 0.619. The number of imidazole rings is 1. The maximum atomic E-state index is 5.36. The van der Waals surface area contributed by atoms with Crippen molar-refractivity contribution in [2.24, 2.45) is 5.41 Å². The third-order valence-electron chi connectivity index (χ3n) is 3.09. The molecule has 1 heterocycles. The van der Waals surface area contributed by atoms with Gasteiger partial charge in [0.15, 0.2) is 4.77 Å². The summed E-state index contributed by atoms with van der Waals surface area (Å²) in [5, 5.41) is 0. The molecule has 17 heavy (non-hydrogen) atoms. The fourth-order valence-electron chi connectivity index (χ4n) is 1.69. The number of hydrogen-bond acceptors (Lipinski definition) is 1. The molecular weight excluding hydrogens is 228 g/mol. The number of rotatable bonds is 2. The molecule has 0 saturated heterocycles. The number of aromatic amines is 1.